The van der Waals surface area contributed by atoms with Gasteiger partial charge >= 0.3 is 174 Å². The number of cyclic esters (lactones) is 1. The van der Waals surface area contributed by atoms with Gasteiger partial charge in [0.25, 0.3) is 0 Å². The molecule has 0 aliphatic carbocycles. The third-order valence-corrected chi connectivity index (χ3v) is 21.6. The Hall–Kier alpha value is -0.821. The van der Waals surface area contributed by atoms with E-state index in [0.717, 1.165) is 22.8 Å². The van der Waals surface area contributed by atoms with Crippen LogP contribution in [0.4, 0.5) is 14.9 Å². The SMILES string of the molecule is CCC[CH2][Sn]([CH2]CCC)([CH2]CCC)[c]1ccc(N2CC(CO)OC2=O)cc1F. The molecule has 1 aromatic rings. The number of nitrogens with zero attached hydrogens (tertiary/aromatic N) is 1. The molecule has 0 radical (unpaired) electrons. The number of rotatable bonds is 12. The Labute approximate surface area is 173 Å². The summed E-state index contributed by atoms with van der Waals surface area (Å²) in [5.41, 5.74) is 0.531. The maximum absolute atomic E-state index is 15.4. The predicted molar refractivity (Wildman–Crippen MR) is 116 cm³/mol. The fourth-order valence-electron chi connectivity index (χ4n) is 4.25. The summed E-state index contributed by atoms with van der Waals surface area (Å²) in [5.74, 6) is -0.142. The molecular weight excluding hydrogens is 464 g/mol. The zero-order valence-electron chi connectivity index (χ0n) is 17.7. The van der Waals surface area contributed by atoms with Gasteiger partial charge in [0.15, 0.2) is 0 Å². The Morgan fingerprint density at radius 1 is 1.11 bits per heavy atom. The molecule has 1 aliphatic rings. The molecule has 28 heavy (non-hydrogen) atoms. The number of unbranched alkanes of at least 4 members (excludes halogenated alkanes) is 3. The second kappa shape index (κ2) is 11.4. The van der Waals surface area contributed by atoms with E-state index >= 15 is 4.39 Å². The molecule has 158 valence electrons. The van der Waals surface area contributed by atoms with Gasteiger partial charge in [0, 0.05) is 0 Å². The van der Waals surface area contributed by atoms with Crippen molar-refractivity contribution >= 4 is 33.7 Å². The molecular formula is C22H36FNO3Sn. The van der Waals surface area contributed by atoms with Gasteiger partial charge in [-0.2, -0.15) is 0 Å². The molecule has 0 bridgehead atoms. The summed E-state index contributed by atoms with van der Waals surface area (Å²) < 4.78 is 25.1. The number of anilines is 1. The Balaban J connectivity index is 2.35. The van der Waals surface area contributed by atoms with Crippen LogP contribution < -0.4 is 8.48 Å². The number of aliphatic hydroxyl groups excluding tert-OH is 1. The Morgan fingerprint density at radius 2 is 1.68 bits per heavy atom. The summed E-state index contributed by atoms with van der Waals surface area (Å²) in [4.78, 5) is 13.5. The van der Waals surface area contributed by atoms with E-state index in [-0.39, 0.29) is 19.0 Å². The monoisotopic (exact) mass is 501 g/mol. The molecule has 2 rings (SSSR count). The standard InChI is InChI=1S/C10H9FNO3.3C4H9.Sn/c11-7-2-1-3-8(4-7)12-5-9(6-13)15-10(12)14;3*1-3-4-2;/h1,3-4,9,13H,5-6H2;3*1,3-4H2,2H3;. The number of hydrogen-bond donors (Lipinski definition) is 1. The van der Waals surface area contributed by atoms with Gasteiger partial charge in [0.05, 0.1) is 0 Å². The van der Waals surface area contributed by atoms with Gasteiger partial charge in [-0.05, 0) is 0 Å². The van der Waals surface area contributed by atoms with Crippen LogP contribution in [0.1, 0.15) is 59.3 Å². The summed E-state index contributed by atoms with van der Waals surface area (Å²) in [6, 6.07) is 5.38. The van der Waals surface area contributed by atoms with E-state index in [0.29, 0.717) is 5.69 Å². The van der Waals surface area contributed by atoms with Crippen LogP contribution in [-0.2, 0) is 4.74 Å². The minimum absolute atomic E-state index is 0.142. The van der Waals surface area contributed by atoms with E-state index in [1.54, 1.807) is 0 Å². The second-order valence-electron chi connectivity index (χ2n) is 8.05. The molecule has 1 unspecified atom stereocenters. The molecule has 1 atom stereocenters. The van der Waals surface area contributed by atoms with Crippen LogP contribution in [0.5, 0.6) is 0 Å². The topological polar surface area (TPSA) is 49.8 Å². The van der Waals surface area contributed by atoms with Crippen molar-refractivity contribution in [3.8, 4) is 0 Å². The van der Waals surface area contributed by atoms with Crippen molar-refractivity contribution in [3.63, 3.8) is 0 Å². The first-order chi connectivity index (χ1) is 13.5. The van der Waals surface area contributed by atoms with E-state index in [1.807, 2.05) is 12.1 Å². The molecule has 1 N–H and O–H groups in total. The first-order valence-corrected chi connectivity index (χ1v) is 18.4. The fourth-order valence-corrected chi connectivity index (χ4v) is 20.4. The van der Waals surface area contributed by atoms with Crippen molar-refractivity contribution in [2.75, 3.05) is 18.1 Å². The van der Waals surface area contributed by atoms with Crippen LogP contribution in [0.3, 0.4) is 0 Å². The number of benzene rings is 1. The molecule has 4 nitrogen and oxygen atoms in total. The fraction of sp³-hybridized carbons (Fsp3) is 0.682. The van der Waals surface area contributed by atoms with Gasteiger partial charge in [-0.25, -0.2) is 0 Å². The molecule has 6 heteroatoms. The summed E-state index contributed by atoms with van der Waals surface area (Å²) in [7, 11) is 0. The maximum atomic E-state index is 15.4. The van der Waals surface area contributed by atoms with Crippen LogP contribution in [0.2, 0.25) is 13.3 Å². The minimum atomic E-state index is -2.85. The molecule has 0 spiro atoms. The number of halogens is 1. The van der Waals surface area contributed by atoms with Crippen LogP contribution in [0, 0.1) is 5.82 Å². The number of aliphatic hydroxyl groups is 1. The van der Waals surface area contributed by atoms with E-state index in [4.69, 9.17) is 4.74 Å². The van der Waals surface area contributed by atoms with Crippen LogP contribution >= 0.6 is 0 Å². The van der Waals surface area contributed by atoms with Crippen molar-refractivity contribution < 1.29 is 19.0 Å². The third-order valence-electron chi connectivity index (χ3n) is 5.94. The zero-order chi connectivity index (χ0) is 20.6. The van der Waals surface area contributed by atoms with Crippen molar-refractivity contribution in [1.82, 2.24) is 0 Å². The normalized spacial score (nSPS) is 17.2. The average Bonchev–Trinajstić information content (AvgIpc) is 3.09. The molecule has 1 aliphatic heterocycles. The number of carbonyl (C=O) groups excluding carboxylic acids is 1. The van der Waals surface area contributed by atoms with Crippen molar-refractivity contribution in [2.24, 2.45) is 0 Å². The molecule has 0 aromatic heterocycles. The molecule has 0 saturated carbocycles. The van der Waals surface area contributed by atoms with Crippen molar-refractivity contribution in [2.45, 2.75) is 78.7 Å². The molecule has 1 aromatic carbocycles. The van der Waals surface area contributed by atoms with Crippen LogP contribution in [0.15, 0.2) is 18.2 Å². The number of carbonyl (C=O) groups is 1. The quantitative estimate of drug-likeness (QED) is 0.402. The molecule has 1 fully saturated rings. The average molecular weight is 500 g/mol. The van der Waals surface area contributed by atoms with E-state index in [1.165, 1.54) is 43.5 Å². The van der Waals surface area contributed by atoms with Crippen molar-refractivity contribution in [1.29, 1.82) is 0 Å². The first kappa shape index (κ1) is 23.5. The Bertz CT molecular complexity index is 618. The van der Waals surface area contributed by atoms with Gasteiger partial charge < -0.3 is 0 Å². The van der Waals surface area contributed by atoms with Crippen molar-refractivity contribution in [3.05, 3.63) is 24.0 Å². The van der Waals surface area contributed by atoms with Gasteiger partial charge in [0.1, 0.15) is 0 Å². The number of ether oxygens (including phenoxy) is 1. The summed E-state index contributed by atoms with van der Waals surface area (Å²) in [6.45, 7) is 6.70. The second-order valence-corrected chi connectivity index (χ2v) is 21.2. The Kier molecular flexibility index (Phi) is 9.54. The summed E-state index contributed by atoms with van der Waals surface area (Å²) in [5, 5.41) is 9.23. The van der Waals surface area contributed by atoms with E-state index in [9.17, 15) is 9.90 Å². The van der Waals surface area contributed by atoms with E-state index in [2.05, 4.69) is 20.8 Å². The van der Waals surface area contributed by atoms with Crippen LogP contribution in [0.25, 0.3) is 0 Å². The Morgan fingerprint density at radius 3 is 2.11 bits per heavy atom. The van der Waals surface area contributed by atoms with Gasteiger partial charge in [-0.15, -0.1) is 0 Å². The molecule has 1 amide bonds. The third kappa shape index (κ3) is 5.62. The number of amides is 1. The summed E-state index contributed by atoms with van der Waals surface area (Å²) >= 11 is -2.85. The van der Waals surface area contributed by atoms with E-state index < -0.39 is 30.6 Å². The molecule has 1 heterocycles. The predicted octanol–water partition coefficient (Wildman–Crippen LogP) is 5.20. The van der Waals surface area contributed by atoms with Gasteiger partial charge in [-0.1, -0.05) is 0 Å². The van der Waals surface area contributed by atoms with Gasteiger partial charge in [-0.3, -0.25) is 0 Å². The molecule has 1 saturated heterocycles. The summed E-state index contributed by atoms with van der Waals surface area (Å²) in [6.07, 6.45) is 5.96. The van der Waals surface area contributed by atoms with Crippen LogP contribution in [-0.4, -0.2) is 48.8 Å². The van der Waals surface area contributed by atoms with Gasteiger partial charge in [0.2, 0.25) is 0 Å². The first-order valence-electron chi connectivity index (χ1n) is 10.9. The zero-order valence-corrected chi connectivity index (χ0v) is 20.5. The number of hydrogen-bond acceptors (Lipinski definition) is 3.